The summed E-state index contributed by atoms with van der Waals surface area (Å²) in [6, 6.07) is 23.2. The standard InChI is InChI=1S/C24H24N4O2S/c1-18-7-5-6-10-23(18)27-13-15-28(16-14-27)31(29,30)20-11-12-21-22(17-20)26-24(25-21)19-8-3-2-4-9-19/h2-12,17H,13-16H2,1H3,(H,25,26). The lowest BCUT2D eigenvalue weighted by molar-refractivity contribution is 0.385. The molecule has 1 saturated heterocycles. The number of fused-ring (bicyclic) bond motifs is 1. The number of para-hydroxylation sites is 1. The first-order valence-corrected chi connectivity index (χ1v) is 11.8. The van der Waals surface area contributed by atoms with Crippen LogP contribution in [0.2, 0.25) is 0 Å². The lowest BCUT2D eigenvalue weighted by Crippen LogP contribution is -2.48. The number of aromatic nitrogens is 2. The van der Waals surface area contributed by atoms with Crippen molar-refractivity contribution >= 4 is 26.7 Å². The molecule has 2 heterocycles. The predicted molar refractivity (Wildman–Crippen MR) is 124 cm³/mol. The molecule has 1 aromatic heterocycles. The van der Waals surface area contributed by atoms with Gasteiger partial charge in [-0.15, -0.1) is 0 Å². The van der Waals surface area contributed by atoms with E-state index in [-0.39, 0.29) is 0 Å². The van der Waals surface area contributed by atoms with Crippen LogP contribution >= 0.6 is 0 Å². The van der Waals surface area contributed by atoms with Crippen LogP contribution in [0, 0.1) is 6.92 Å². The lowest BCUT2D eigenvalue weighted by atomic mass is 10.1. The van der Waals surface area contributed by atoms with Crippen molar-refractivity contribution in [2.24, 2.45) is 0 Å². The molecule has 3 aromatic carbocycles. The van der Waals surface area contributed by atoms with Gasteiger partial charge in [0.05, 0.1) is 15.9 Å². The second-order valence-electron chi connectivity index (χ2n) is 7.81. The number of H-pyrrole nitrogens is 1. The summed E-state index contributed by atoms with van der Waals surface area (Å²) in [7, 11) is -3.57. The summed E-state index contributed by atoms with van der Waals surface area (Å²) in [5.74, 6) is 0.733. The molecular formula is C24H24N4O2S. The Morgan fingerprint density at radius 2 is 1.58 bits per heavy atom. The second kappa shape index (κ2) is 7.83. The number of nitrogens with one attached hydrogen (secondary N) is 1. The van der Waals surface area contributed by atoms with Gasteiger partial charge in [0.1, 0.15) is 5.82 Å². The van der Waals surface area contributed by atoms with Gasteiger partial charge < -0.3 is 9.88 Å². The van der Waals surface area contributed by atoms with Gasteiger partial charge in [-0.2, -0.15) is 4.31 Å². The predicted octanol–water partition coefficient (Wildman–Crippen LogP) is 4.05. The lowest BCUT2D eigenvalue weighted by Gasteiger charge is -2.36. The zero-order chi connectivity index (χ0) is 21.4. The van der Waals surface area contributed by atoms with Crippen molar-refractivity contribution < 1.29 is 8.42 Å². The average molecular weight is 433 g/mol. The molecule has 0 saturated carbocycles. The maximum atomic E-state index is 13.3. The number of imidazole rings is 1. The molecule has 0 unspecified atom stereocenters. The molecule has 31 heavy (non-hydrogen) atoms. The smallest absolute Gasteiger partial charge is 0.243 e. The summed E-state index contributed by atoms with van der Waals surface area (Å²) in [5.41, 5.74) is 4.82. The molecule has 1 N–H and O–H groups in total. The fourth-order valence-electron chi connectivity index (χ4n) is 4.12. The van der Waals surface area contributed by atoms with E-state index in [1.54, 1.807) is 22.5 Å². The van der Waals surface area contributed by atoms with Crippen LogP contribution in [0.25, 0.3) is 22.4 Å². The van der Waals surface area contributed by atoms with Gasteiger partial charge in [0, 0.05) is 37.4 Å². The van der Waals surface area contributed by atoms with Crippen LogP contribution in [-0.2, 0) is 10.0 Å². The summed E-state index contributed by atoms with van der Waals surface area (Å²) in [6.07, 6.45) is 0. The second-order valence-corrected chi connectivity index (χ2v) is 9.75. The molecule has 0 bridgehead atoms. The van der Waals surface area contributed by atoms with E-state index in [2.05, 4.69) is 33.9 Å². The fourth-order valence-corrected chi connectivity index (χ4v) is 5.57. The molecule has 1 fully saturated rings. The Labute approximate surface area is 182 Å². The SMILES string of the molecule is Cc1ccccc1N1CCN(S(=O)(=O)c2ccc3nc(-c4ccccc4)[nH]c3c2)CC1. The third kappa shape index (κ3) is 3.71. The Hall–Kier alpha value is -3.16. The molecule has 158 valence electrons. The Balaban J connectivity index is 1.37. The summed E-state index contributed by atoms with van der Waals surface area (Å²) in [6.45, 7) is 4.37. The molecule has 4 aromatic rings. The maximum Gasteiger partial charge on any atom is 0.243 e. The summed E-state index contributed by atoms with van der Waals surface area (Å²) < 4.78 is 28.2. The zero-order valence-corrected chi connectivity index (χ0v) is 18.1. The van der Waals surface area contributed by atoms with Gasteiger partial charge in [-0.25, -0.2) is 13.4 Å². The van der Waals surface area contributed by atoms with E-state index in [0.29, 0.717) is 31.1 Å². The molecule has 0 atom stereocenters. The van der Waals surface area contributed by atoms with Crippen molar-refractivity contribution in [3.63, 3.8) is 0 Å². The summed E-state index contributed by atoms with van der Waals surface area (Å²) in [4.78, 5) is 10.4. The zero-order valence-electron chi connectivity index (χ0n) is 17.3. The quantitative estimate of drug-likeness (QED) is 0.528. The molecule has 7 heteroatoms. The first-order valence-electron chi connectivity index (χ1n) is 10.4. The van der Waals surface area contributed by atoms with Gasteiger partial charge in [0.2, 0.25) is 10.0 Å². The molecule has 0 amide bonds. The van der Waals surface area contributed by atoms with Crippen molar-refractivity contribution in [3.8, 4) is 11.4 Å². The van der Waals surface area contributed by atoms with Gasteiger partial charge in [0.25, 0.3) is 0 Å². The topological polar surface area (TPSA) is 69.3 Å². The van der Waals surface area contributed by atoms with Gasteiger partial charge in [0.15, 0.2) is 0 Å². The van der Waals surface area contributed by atoms with Crippen LogP contribution in [0.4, 0.5) is 5.69 Å². The molecular weight excluding hydrogens is 408 g/mol. The number of aryl methyl sites for hydroxylation is 1. The van der Waals surface area contributed by atoms with E-state index < -0.39 is 10.0 Å². The van der Waals surface area contributed by atoms with Crippen LogP contribution in [-0.4, -0.2) is 48.9 Å². The van der Waals surface area contributed by atoms with E-state index >= 15 is 0 Å². The van der Waals surface area contributed by atoms with Crippen LogP contribution in [0.3, 0.4) is 0 Å². The number of aromatic amines is 1. The van der Waals surface area contributed by atoms with Crippen molar-refractivity contribution in [1.29, 1.82) is 0 Å². The molecule has 0 aliphatic carbocycles. The van der Waals surface area contributed by atoms with E-state index in [0.717, 1.165) is 22.4 Å². The summed E-state index contributed by atoms with van der Waals surface area (Å²) >= 11 is 0. The fraction of sp³-hybridized carbons (Fsp3) is 0.208. The Bertz CT molecular complexity index is 1320. The van der Waals surface area contributed by atoms with Crippen LogP contribution in [0.5, 0.6) is 0 Å². The third-order valence-corrected chi connectivity index (χ3v) is 7.73. The van der Waals surface area contributed by atoms with E-state index in [9.17, 15) is 8.42 Å². The molecule has 1 aliphatic rings. The van der Waals surface area contributed by atoms with Gasteiger partial charge in [-0.1, -0.05) is 48.5 Å². The minimum absolute atomic E-state index is 0.299. The summed E-state index contributed by atoms with van der Waals surface area (Å²) in [5, 5.41) is 0. The Kier molecular flexibility index (Phi) is 5.00. The van der Waals surface area contributed by atoms with Gasteiger partial charge in [-0.3, -0.25) is 0 Å². The highest BCUT2D eigenvalue weighted by atomic mass is 32.2. The van der Waals surface area contributed by atoms with Gasteiger partial charge in [-0.05, 0) is 36.8 Å². The normalized spacial score (nSPS) is 15.5. The molecule has 5 rings (SSSR count). The number of benzene rings is 3. The number of hydrogen-bond donors (Lipinski definition) is 1. The average Bonchev–Trinajstić information content (AvgIpc) is 3.24. The minimum atomic E-state index is -3.57. The first-order chi connectivity index (χ1) is 15.0. The van der Waals surface area contributed by atoms with E-state index in [1.807, 2.05) is 42.5 Å². The molecule has 0 radical (unpaired) electrons. The van der Waals surface area contributed by atoms with Crippen molar-refractivity contribution in [1.82, 2.24) is 14.3 Å². The van der Waals surface area contributed by atoms with Crippen LogP contribution in [0.15, 0.2) is 77.7 Å². The highest BCUT2D eigenvalue weighted by molar-refractivity contribution is 7.89. The first kappa shape index (κ1) is 19.8. The highest BCUT2D eigenvalue weighted by Crippen LogP contribution is 2.26. The Morgan fingerprint density at radius 1 is 0.871 bits per heavy atom. The Morgan fingerprint density at radius 3 is 2.32 bits per heavy atom. The number of nitrogens with zero attached hydrogens (tertiary/aromatic N) is 3. The third-order valence-electron chi connectivity index (χ3n) is 5.83. The van der Waals surface area contributed by atoms with Crippen LogP contribution < -0.4 is 4.90 Å². The van der Waals surface area contributed by atoms with Gasteiger partial charge >= 0.3 is 0 Å². The number of hydrogen-bond acceptors (Lipinski definition) is 4. The van der Waals surface area contributed by atoms with Crippen molar-refractivity contribution in [2.45, 2.75) is 11.8 Å². The monoisotopic (exact) mass is 432 g/mol. The number of anilines is 1. The van der Waals surface area contributed by atoms with Crippen molar-refractivity contribution in [3.05, 3.63) is 78.4 Å². The number of rotatable bonds is 4. The maximum absolute atomic E-state index is 13.3. The minimum Gasteiger partial charge on any atom is -0.369 e. The number of sulfonamides is 1. The van der Waals surface area contributed by atoms with E-state index in [1.165, 1.54) is 11.3 Å². The number of piperazine rings is 1. The largest absolute Gasteiger partial charge is 0.369 e. The van der Waals surface area contributed by atoms with E-state index in [4.69, 9.17) is 0 Å². The molecule has 6 nitrogen and oxygen atoms in total. The molecule has 0 spiro atoms. The van der Waals surface area contributed by atoms with Crippen molar-refractivity contribution in [2.75, 3.05) is 31.1 Å². The molecule has 1 aliphatic heterocycles. The highest BCUT2D eigenvalue weighted by Gasteiger charge is 2.29. The van der Waals surface area contributed by atoms with Crippen LogP contribution in [0.1, 0.15) is 5.56 Å².